The second-order valence-corrected chi connectivity index (χ2v) is 3.51. The Kier molecular flexibility index (Phi) is 1.95. The highest BCUT2D eigenvalue weighted by Gasteiger charge is 2.08. The average Bonchev–Trinajstić information content (AvgIpc) is 2.43. The van der Waals surface area contributed by atoms with Crippen LogP contribution in [-0.2, 0) is 0 Å². The Balaban J connectivity index is 2.80. The van der Waals surface area contributed by atoms with Crippen LogP contribution in [0.3, 0.4) is 0 Å². The highest BCUT2D eigenvalue weighted by atomic mass is 79.9. The number of aromatic nitrogens is 3. The van der Waals surface area contributed by atoms with Gasteiger partial charge in [0.1, 0.15) is 11.3 Å². The summed E-state index contributed by atoms with van der Waals surface area (Å²) in [4.78, 5) is 11.5. The minimum atomic E-state index is 0.577. The van der Waals surface area contributed by atoms with Gasteiger partial charge in [0.2, 0.25) is 5.88 Å². The number of aryl methyl sites for hydroxylation is 1. The molecule has 13 heavy (non-hydrogen) atoms. The van der Waals surface area contributed by atoms with Gasteiger partial charge < -0.3 is 9.72 Å². The quantitative estimate of drug-likeness (QED) is 0.832. The predicted molar refractivity (Wildman–Crippen MR) is 52.9 cm³/mol. The lowest BCUT2D eigenvalue weighted by molar-refractivity contribution is 0.400. The molecule has 4 nitrogen and oxygen atoms in total. The molecule has 0 bridgehead atoms. The summed E-state index contributed by atoms with van der Waals surface area (Å²) in [5.74, 6) is 1.28. The zero-order valence-corrected chi connectivity index (χ0v) is 8.84. The number of ether oxygens (including phenoxy) is 1. The van der Waals surface area contributed by atoms with Crippen molar-refractivity contribution in [1.82, 2.24) is 15.0 Å². The summed E-state index contributed by atoms with van der Waals surface area (Å²) in [5, 5.41) is 0. The zero-order valence-electron chi connectivity index (χ0n) is 7.26. The number of rotatable bonds is 1. The molecule has 0 aliphatic heterocycles. The number of nitrogens with one attached hydrogen (secondary N) is 1. The molecule has 68 valence electrons. The molecule has 0 aliphatic carbocycles. The van der Waals surface area contributed by atoms with Crippen LogP contribution < -0.4 is 4.74 Å². The first-order valence-electron chi connectivity index (χ1n) is 3.77. The van der Waals surface area contributed by atoms with Crippen molar-refractivity contribution < 1.29 is 4.74 Å². The number of aromatic amines is 1. The number of hydrogen-bond acceptors (Lipinski definition) is 3. The maximum Gasteiger partial charge on any atom is 0.241 e. The predicted octanol–water partition coefficient (Wildman–Crippen LogP) is 2.04. The summed E-state index contributed by atoms with van der Waals surface area (Å²) in [7, 11) is 1.59. The van der Waals surface area contributed by atoms with Crippen LogP contribution in [0.5, 0.6) is 5.88 Å². The number of nitrogens with zero attached hydrogens (tertiary/aromatic N) is 2. The van der Waals surface area contributed by atoms with Crippen LogP contribution in [0.25, 0.3) is 11.0 Å². The highest BCUT2D eigenvalue weighted by molar-refractivity contribution is 9.10. The zero-order chi connectivity index (χ0) is 9.42. The van der Waals surface area contributed by atoms with Crippen LogP contribution >= 0.6 is 15.9 Å². The minimum absolute atomic E-state index is 0.577. The smallest absolute Gasteiger partial charge is 0.241 e. The third kappa shape index (κ3) is 1.39. The number of halogens is 1. The lowest BCUT2D eigenvalue weighted by atomic mass is 10.4. The molecule has 0 saturated heterocycles. The van der Waals surface area contributed by atoms with Gasteiger partial charge in [-0.2, -0.15) is 4.98 Å². The van der Waals surface area contributed by atoms with Crippen LogP contribution in [0.4, 0.5) is 0 Å². The summed E-state index contributed by atoms with van der Waals surface area (Å²) in [5.41, 5.74) is 1.68. The average molecular weight is 242 g/mol. The topological polar surface area (TPSA) is 50.8 Å². The van der Waals surface area contributed by atoms with Gasteiger partial charge in [0, 0.05) is 0 Å². The van der Waals surface area contributed by atoms with Crippen LogP contribution in [0.2, 0.25) is 0 Å². The molecular formula is C8H8BrN3O. The van der Waals surface area contributed by atoms with Crippen molar-refractivity contribution in [2.75, 3.05) is 7.11 Å². The molecule has 1 N–H and O–H groups in total. The first kappa shape index (κ1) is 8.50. The molecule has 0 aromatic carbocycles. The summed E-state index contributed by atoms with van der Waals surface area (Å²) in [6.07, 6.45) is 0. The Hall–Kier alpha value is -1.10. The van der Waals surface area contributed by atoms with Gasteiger partial charge in [-0.25, -0.2) is 4.98 Å². The van der Waals surface area contributed by atoms with Gasteiger partial charge >= 0.3 is 0 Å². The fourth-order valence-electron chi connectivity index (χ4n) is 1.21. The molecule has 0 fully saturated rings. The molecule has 0 spiro atoms. The first-order chi connectivity index (χ1) is 6.20. The third-order valence-electron chi connectivity index (χ3n) is 1.72. The lowest BCUT2D eigenvalue weighted by Crippen LogP contribution is -1.93. The Labute approximate surface area is 83.5 Å². The molecule has 0 saturated carbocycles. The van der Waals surface area contributed by atoms with E-state index in [1.807, 2.05) is 13.0 Å². The second kappa shape index (κ2) is 2.99. The standard InChI is InChI=1S/C8H8BrN3O/c1-4-10-5-3-6(9)12-7(5)8(11-4)13-2/h3,12H,1-2H3. The van der Waals surface area contributed by atoms with Crippen molar-refractivity contribution in [2.45, 2.75) is 6.92 Å². The van der Waals surface area contributed by atoms with Crippen molar-refractivity contribution in [2.24, 2.45) is 0 Å². The SMILES string of the molecule is COc1nc(C)nc2cc(Br)[nH]c12. The van der Waals surface area contributed by atoms with E-state index in [4.69, 9.17) is 4.74 Å². The molecule has 0 amide bonds. The molecule has 2 rings (SSSR count). The lowest BCUT2D eigenvalue weighted by Gasteiger charge is -2.00. The number of hydrogen-bond donors (Lipinski definition) is 1. The molecule has 0 aliphatic rings. The maximum absolute atomic E-state index is 5.12. The molecule has 5 heteroatoms. The summed E-state index contributed by atoms with van der Waals surface area (Å²) < 4.78 is 5.99. The number of methoxy groups -OCH3 is 1. The van der Waals surface area contributed by atoms with Gasteiger partial charge in [0.15, 0.2) is 0 Å². The number of fused-ring (bicyclic) bond motifs is 1. The Morgan fingerprint density at radius 3 is 2.92 bits per heavy atom. The van der Waals surface area contributed by atoms with Gasteiger partial charge in [-0.15, -0.1) is 0 Å². The molecule has 0 unspecified atom stereocenters. The van der Waals surface area contributed by atoms with E-state index in [0.29, 0.717) is 11.7 Å². The largest absolute Gasteiger partial charge is 0.479 e. The fraction of sp³-hybridized carbons (Fsp3) is 0.250. The van der Waals surface area contributed by atoms with E-state index in [1.54, 1.807) is 7.11 Å². The Morgan fingerprint density at radius 2 is 2.23 bits per heavy atom. The van der Waals surface area contributed by atoms with Gasteiger partial charge in [-0.05, 0) is 28.9 Å². The molecular weight excluding hydrogens is 234 g/mol. The molecule has 2 aromatic rings. The highest BCUT2D eigenvalue weighted by Crippen LogP contribution is 2.24. The van der Waals surface area contributed by atoms with E-state index < -0.39 is 0 Å². The number of H-pyrrole nitrogens is 1. The summed E-state index contributed by atoms with van der Waals surface area (Å²) in [6, 6.07) is 1.90. The van der Waals surface area contributed by atoms with Gasteiger partial charge in [0.05, 0.1) is 17.2 Å². The molecule has 2 heterocycles. The molecule has 2 aromatic heterocycles. The molecule has 0 radical (unpaired) electrons. The normalized spacial score (nSPS) is 10.7. The van der Waals surface area contributed by atoms with E-state index in [2.05, 4.69) is 30.9 Å². The van der Waals surface area contributed by atoms with Crippen LogP contribution in [-0.4, -0.2) is 22.1 Å². The van der Waals surface area contributed by atoms with Gasteiger partial charge in [-0.3, -0.25) is 0 Å². The first-order valence-corrected chi connectivity index (χ1v) is 4.57. The summed E-state index contributed by atoms with van der Waals surface area (Å²) in [6.45, 7) is 1.84. The van der Waals surface area contributed by atoms with E-state index in [0.717, 1.165) is 15.6 Å². The minimum Gasteiger partial charge on any atom is -0.479 e. The van der Waals surface area contributed by atoms with Crippen molar-refractivity contribution in [3.63, 3.8) is 0 Å². The van der Waals surface area contributed by atoms with E-state index in [9.17, 15) is 0 Å². The van der Waals surface area contributed by atoms with Crippen molar-refractivity contribution in [3.05, 3.63) is 16.5 Å². The Morgan fingerprint density at radius 1 is 1.46 bits per heavy atom. The van der Waals surface area contributed by atoms with Crippen molar-refractivity contribution in [1.29, 1.82) is 0 Å². The van der Waals surface area contributed by atoms with Crippen molar-refractivity contribution >= 4 is 27.0 Å². The van der Waals surface area contributed by atoms with E-state index in [1.165, 1.54) is 0 Å². The second-order valence-electron chi connectivity index (χ2n) is 2.66. The molecule has 0 atom stereocenters. The van der Waals surface area contributed by atoms with Crippen LogP contribution in [0.1, 0.15) is 5.82 Å². The Bertz CT molecular complexity index is 452. The van der Waals surface area contributed by atoms with Gasteiger partial charge in [0.25, 0.3) is 0 Å². The van der Waals surface area contributed by atoms with Crippen LogP contribution in [0.15, 0.2) is 10.7 Å². The van der Waals surface area contributed by atoms with Crippen LogP contribution in [0, 0.1) is 6.92 Å². The van der Waals surface area contributed by atoms with E-state index >= 15 is 0 Å². The fourth-order valence-corrected chi connectivity index (χ4v) is 1.63. The van der Waals surface area contributed by atoms with Gasteiger partial charge in [-0.1, -0.05) is 0 Å². The van der Waals surface area contributed by atoms with Crippen molar-refractivity contribution in [3.8, 4) is 5.88 Å². The summed E-state index contributed by atoms with van der Waals surface area (Å²) >= 11 is 3.33. The maximum atomic E-state index is 5.12. The third-order valence-corrected chi connectivity index (χ3v) is 2.14. The van der Waals surface area contributed by atoms with E-state index in [-0.39, 0.29) is 0 Å². The monoisotopic (exact) mass is 241 g/mol.